The van der Waals surface area contributed by atoms with Crippen LogP contribution >= 0.6 is 12.2 Å². The number of aliphatic hydroxyl groups is 1. The zero-order valence-corrected chi connectivity index (χ0v) is 17.4. The quantitative estimate of drug-likeness (QED) is 0.638. The zero-order valence-electron chi connectivity index (χ0n) is 16.6. The largest absolute Gasteiger partial charge is 0.468 e. The number of ether oxygens (including phenoxy) is 2. The highest BCUT2D eigenvalue weighted by molar-refractivity contribution is 7.80. The van der Waals surface area contributed by atoms with E-state index in [4.69, 9.17) is 21.7 Å². The van der Waals surface area contributed by atoms with Gasteiger partial charge < -0.3 is 14.6 Å². The van der Waals surface area contributed by atoms with Gasteiger partial charge in [0.15, 0.2) is 6.10 Å². The van der Waals surface area contributed by atoms with Crippen molar-refractivity contribution < 1.29 is 19.4 Å². The SMILES string of the molecule is CCC[C@H](O)[C@H](OCc1ccccc1)C(=O)N1C(=S)OC[C@@H]1Cc1ccccc1. The molecule has 6 heteroatoms. The van der Waals surface area contributed by atoms with Crippen molar-refractivity contribution in [3.05, 3.63) is 71.8 Å². The van der Waals surface area contributed by atoms with Crippen molar-refractivity contribution >= 4 is 23.3 Å². The Kier molecular flexibility index (Phi) is 7.75. The van der Waals surface area contributed by atoms with E-state index in [1.807, 2.05) is 67.6 Å². The summed E-state index contributed by atoms with van der Waals surface area (Å²) in [5.74, 6) is -0.342. The summed E-state index contributed by atoms with van der Waals surface area (Å²) in [7, 11) is 0. The van der Waals surface area contributed by atoms with Crippen LogP contribution < -0.4 is 0 Å². The fourth-order valence-corrected chi connectivity index (χ4v) is 3.77. The second-order valence-electron chi connectivity index (χ2n) is 7.20. The predicted molar refractivity (Wildman–Crippen MR) is 115 cm³/mol. The Hall–Kier alpha value is -2.28. The molecule has 3 atom stereocenters. The minimum atomic E-state index is -0.993. The van der Waals surface area contributed by atoms with Crippen LogP contribution in [0, 0.1) is 0 Å². The predicted octanol–water partition coefficient (Wildman–Crippen LogP) is 3.49. The summed E-state index contributed by atoms with van der Waals surface area (Å²) in [5, 5.41) is 10.8. The van der Waals surface area contributed by atoms with Crippen LogP contribution in [0.5, 0.6) is 0 Å². The van der Waals surface area contributed by atoms with Crippen LogP contribution in [0.15, 0.2) is 60.7 Å². The van der Waals surface area contributed by atoms with E-state index >= 15 is 0 Å². The van der Waals surface area contributed by atoms with Crippen LogP contribution in [0.1, 0.15) is 30.9 Å². The molecule has 0 aliphatic carbocycles. The number of thiocarbonyl (C=S) groups is 1. The van der Waals surface area contributed by atoms with Gasteiger partial charge >= 0.3 is 0 Å². The third kappa shape index (κ3) is 5.63. The molecule has 0 unspecified atom stereocenters. The fraction of sp³-hybridized carbons (Fsp3) is 0.391. The van der Waals surface area contributed by atoms with Gasteiger partial charge in [-0.05, 0) is 36.2 Å². The van der Waals surface area contributed by atoms with Crippen LogP contribution in [-0.2, 0) is 27.3 Å². The van der Waals surface area contributed by atoms with Crippen molar-refractivity contribution in [3.8, 4) is 0 Å². The minimum Gasteiger partial charge on any atom is -0.468 e. The lowest BCUT2D eigenvalue weighted by Gasteiger charge is -2.29. The number of nitrogens with zero attached hydrogens (tertiary/aromatic N) is 1. The molecular weight excluding hydrogens is 386 g/mol. The highest BCUT2D eigenvalue weighted by Gasteiger charge is 2.41. The molecular formula is C23H27NO4S. The number of carbonyl (C=O) groups is 1. The number of benzene rings is 2. The Labute approximate surface area is 177 Å². The van der Waals surface area contributed by atoms with Crippen LogP contribution in [0.2, 0.25) is 0 Å². The Morgan fingerprint density at radius 1 is 1.17 bits per heavy atom. The number of hydrogen-bond acceptors (Lipinski definition) is 5. The molecule has 0 saturated carbocycles. The molecule has 2 aromatic carbocycles. The minimum absolute atomic E-state index is 0.146. The van der Waals surface area contributed by atoms with Gasteiger partial charge in [-0.3, -0.25) is 9.69 Å². The van der Waals surface area contributed by atoms with Crippen molar-refractivity contribution in [1.82, 2.24) is 4.90 Å². The molecule has 1 saturated heterocycles. The van der Waals surface area contributed by atoms with Crippen LogP contribution in [0.4, 0.5) is 0 Å². The fourth-order valence-electron chi connectivity index (χ4n) is 3.46. The lowest BCUT2D eigenvalue weighted by molar-refractivity contribution is -0.150. The molecule has 3 rings (SSSR count). The molecule has 1 aliphatic rings. The van der Waals surface area contributed by atoms with Gasteiger partial charge in [0.2, 0.25) is 0 Å². The summed E-state index contributed by atoms with van der Waals surface area (Å²) in [6.07, 6.45) is -0.0588. The smallest absolute Gasteiger partial charge is 0.266 e. The molecule has 1 aliphatic heterocycles. The molecule has 2 aromatic rings. The standard InChI is InChI=1S/C23H27NO4S/c1-2-9-20(25)21(27-15-18-12-7-4-8-13-18)22(26)24-19(16-28-23(24)29)14-17-10-5-3-6-11-17/h3-8,10-13,19-21,25H,2,9,14-16H2,1H3/t19-,20-,21-/m0/s1. The van der Waals surface area contributed by atoms with E-state index in [2.05, 4.69) is 0 Å². The summed E-state index contributed by atoms with van der Waals surface area (Å²) in [6, 6.07) is 19.3. The van der Waals surface area contributed by atoms with E-state index in [1.165, 1.54) is 4.90 Å². The molecule has 1 N–H and O–H groups in total. The first-order chi connectivity index (χ1) is 14.1. The van der Waals surface area contributed by atoms with Gasteiger partial charge in [0.25, 0.3) is 11.1 Å². The van der Waals surface area contributed by atoms with Gasteiger partial charge in [0.1, 0.15) is 6.61 Å². The lowest BCUT2D eigenvalue weighted by atomic mass is 10.0. The molecule has 29 heavy (non-hydrogen) atoms. The van der Waals surface area contributed by atoms with Crippen molar-refractivity contribution in [2.45, 2.75) is 51.0 Å². The van der Waals surface area contributed by atoms with E-state index in [0.717, 1.165) is 17.5 Å². The maximum Gasteiger partial charge on any atom is 0.266 e. The van der Waals surface area contributed by atoms with Crippen molar-refractivity contribution in [3.63, 3.8) is 0 Å². The zero-order chi connectivity index (χ0) is 20.6. The third-order valence-corrected chi connectivity index (χ3v) is 5.28. The highest BCUT2D eigenvalue weighted by Crippen LogP contribution is 2.22. The van der Waals surface area contributed by atoms with Gasteiger partial charge in [-0.1, -0.05) is 74.0 Å². The average molecular weight is 414 g/mol. The Bertz CT molecular complexity index is 799. The molecule has 1 heterocycles. The number of aliphatic hydroxyl groups excluding tert-OH is 1. The van der Waals surface area contributed by atoms with Crippen LogP contribution in [0.3, 0.4) is 0 Å². The Morgan fingerprint density at radius 3 is 2.41 bits per heavy atom. The van der Waals surface area contributed by atoms with Gasteiger partial charge in [-0.15, -0.1) is 0 Å². The van der Waals surface area contributed by atoms with Gasteiger partial charge in [-0.2, -0.15) is 0 Å². The van der Waals surface area contributed by atoms with Crippen molar-refractivity contribution in [1.29, 1.82) is 0 Å². The molecule has 0 spiro atoms. The van der Waals surface area contributed by atoms with Gasteiger partial charge in [-0.25, -0.2) is 0 Å². The molecule has 1 amide bonds. The second kappa shape index (κ2) is 10.5. The first-order valence-electron chi connectivity index (χ1n) is 9.97. The van der Waals surface area contributed by atoms with E-state index in [0.29, 0.717) is 19.4 Å². The Morgan fingerprint density at radius 2 is 1.79 bits per heavy atom. The maximum atomic E-state index is 13.4. The van der Waals surface area contributed by atoms with Crippen LogP contribution in [0.25, 0.3) is 0 Å². The van der Waals surface area contributed by atoms with Crippen molar-refractivity contribution in [2.24, 2.45) is 0 Å². The number of hydrogen-bond donors (Lipinski definition) is 1. The van der Waals surface area contributed by atoms with E-state index < -0.39 is 12.2 Å². The molecule has 1 fully saturated rings. The Balaban J connectivity index is 1.75. The summed E-state index contributed by atoms with van der Waals surface area (Å²) in [4.78, 5) is 14.9. The first kappa shape index (κ1) is 21.4. The second-order valence-corrected chi connectivity index (χ2v) is 7.55. The van der Waals surface area contributed by atoms with Gasteiger partial charge in [0.05, 0.1) is 18.8 Å². The summed E-state index contributed by atoms with van der Waals surface area (Å²) < 4.78 is 11.4. The van der Waals surface area contributed by atoms with Gasteiger partial charge in [0, 0.05) is 0 Å². The van der Waals surface area contributed by atoms with E-state index in [-0.39, 0.29) is 23.7 Å². The number of rotatable bonds is 9. The normalized spacial score (nSPS) is 18.3. The summed E-state index contributed by atoms with van der Waals surface area (Å²) in [6.45, 7) is 2.54. The lowest BCUT2D eigenvalue weighted by Crippen LogP contribution is -2.50. The third-order valence-electron chi connectivity index (χ3n) is 4.96. The van der Waals surface area contributed by atoms with Crippen LogP contribution in [-0.4, -0.2) is 45.9 Å². The number of carbonyl (C=O) groups excluding carboxylic acids is 1. The molecule has 0 bridgehead atoms. The maximum absolute atomic E-state index is 13.4. The molecule has 154 valence electrons. The molecule has 0 radical (unpaired) electrons. The highest BCUT2D eigenvalue weighted by atomic mass is 32.1. The average Bonchev–Trinajstić information content (AvgIpc) is 3.09. The monoisotopic (exact) mass is 413 g/mol. The molecule has 0 aromatic heterocycles. The summed E-state index contributed by atoms with van der Waals surface area (Å²) >= 11 is 5.30. The van der Waals surface area contributed by atoms with Crippen molar-refractivity contribution in [2.75, 3.05) is 6.61 Å². The van der Waals surface area contributed by atoms with E-state index in [9.17, 15) is 9.90 Å². The number of amides is 1. The topological polar surface area (TPSA) is 59.0 Å². The summed E-state index contributed by atoms with van der Waals surface area (Å²) in [5.41, 5.74) is 2.04. The van der Waals surface area contributed by atoms with E-state index in [1.54, 1.807) is 0 Å². The molecule has 5 nitrogen and oxygen atoms in total. The first-order valence-corrected chi connectivity index (χ1v) is 10.4.